The van der Waals surface area contributed by atoms with Gasteiger partial charge in [-0.25, -0.2) is 9.82 Å². The van der Waals surface area contributed by atoms with Gasteiger partial charge < -0.3 is 10.1 Å². The molecule has 3 heterocycles. The van der Waals surface area contributed by atoms with Crippen LogP contribution in [0.4, 0.5) is 10.1 Å². The number of ether oxygens (including phenoxy) is 1. The number of rotatable bonds is 7. The average Bonchev–Trinajstić information content (AvgIpc) is 3.54. The van der Waals surface area contributed by atoms with Crippen molar-refractivity contribution in [2.24, 2.45) is 13.0 Å². The third kappa shape index (κ3) is 5.05. The van der Waals surface area contributed by atoms with Gasteiger partial charge in [-0.3, -0.25) is 19.8 Å². The number of likely N-dealkylation sites (tertiary alicyclic amines) is 1. The lowest BCUT2D eigenvalue weighted by molar-refractivity contribution is -0.119. The summed E-state index contributed by atoms with van der Waals surface area (Å²) in [7, 11) is 1.83. The van der Waals surface area contributed by atoms with Crippen LogP contribution in [0, 0.1) is 5.92 Å². The molecule has 3 N–H and O–H groups in total. The molecule has 0 bridgehead atoms. The molecule has 5 rings (SSSR count). The van der Waals surface area contributed by atoms with Crippen molar-refractivity contribution >= 4 is 11.6 Å². The van der Waals surface area contributed by atoms with Crippen LogP contribution in [0.2, 0.25) is 0 Å². The number of nitrogens with zero attached hydrogens (tertiary/aromatic N) is 3. The molecule has 2 aliphatic heterocycles. The molecule has 178 valence electrons. The second kappa shape index (κ2) is 9.79. The van der Waals surface area contributed by atoms with E-state index in [1.807, 2.05) is 37.5 Å². The second-order valence-electron chi connectivity index (χ2n) is 9.49. The third-order valence-electron chi connectivity index (χ3n) is 7.22. The van der Waals surface area contributed by atoms with E-state index in [0.717, 1.165) is 30.9 Å². The average molecular weight is 457 g/mol. The van der Waals surface area contributed by atoms with E-state index in [1.165, 1.54) is 12.8 Å². The van der Waals surface area contributed by atoms with Crippen LogP contribution in [0.15, 0.2) is 36.7 Å². The number of fused-ring (bicyclic) bond motifs is 1. The van der Waals surface area contributed by atoms with Gasteiger partial charge in [-0.05, 0) is 56.5 Å². The van der Waals surface area contributed by atoms with Gasteiger partial charge in [0.1, 0.15) is 24.6 Å². The van der Waals surface area contributed by atoms with Crippen LogP contribution in [0.5, 0.6) is 5.75 Å². The molecule has 5 unspecified atom stereocenters. The Balaban J connectivity index is 1.19. The minimum atomic E-state index is -0.957. The molecule has 2 aromatic rings. The fraction of sp³-hybridized carbons (Fsp3) is 0.583. The Hall–Kier alpha value is -2.49. The van der Waals surface area contributed by atoms with Crippen LogP contribution in [-0.2, 0) is 11.8 Å². The Morgan fingerprint density at radius 1 is 1.27 bits per heavy atom. The Morgan fingerprint density at radius 2 is 2.12 bits per heavy atom. The van der Waals surface area contributed by atoms with E-state index in [-0.39, 0.29) is 23.8 Å². The second-order valence-corrected chi connectivity index (χ2v) is 9.49. The van der Waals surface area contributed by atoms with Crippen LogP contribution in [0.25, 0.3) is 0 Å². The number of benzene rings is 1. The Morgan fingerprint density at radius 3 is 2.91 bits per heavy atom. The van der Waals surface area contributed by atoms with Crippen molar-refractivity contribution in [2.75, 3.05) is 31.6 Å². The lowest BCUT2D eigenvalue weighted by atomic mass is 9.73. The van der Waals surface area contributed by atoms with Gasteiger partial charge in [0.2, 0.25) is 5.91 Å². The first kappa shape index (κ1) is 22.3. The number of aryl methyl sites for hydroxylation is 1. The zero-order valence-electron chi connectivity index (χ0n) is 19.0. The van der Waals surface area contributed by atoms with E-state index < -0.39 is 12.2 Å². The maximum Gasteiger partial charge on any atom is 0.243 e. The number of amides is 1. The Kier molecular flexibility index (Phi) is 6.62. The highest BCUT2D eigenvalue weighted by atomic mass is 19.1. The first-order valence-electron chi connectivity index (χ1n) is 12.0. The molecule has 33 heavy (non-hydrogen) atoms. The molecule has 5 atom stereocenters. The van der Waals surface area contributed by atoms with Crippen LogP contribution in [-0.4, -0.2) is 65.1 Å². The van der Waals surface area contributed by atoms with Crippen LogP contribution >= 0.6 is 0 Å². The first-order chi connectivity index (χ1) is 16.1. The lowest BCUT2D eigenvalue weighted by Gasteiger charge is -2.34. The van der Waals surface area contributed by atoms with Gasteiger partial charge in [-0.2, -0.15) is 5.10 Å². The summed E-state index contributed by atoms with van der Waals surface area (Å²) >= 11 is 0. The van der Waals surface area contributed by atoms with Crippen molar-refractivity contribution in [1.82, 2.24) is 25.5 Å². The zero-order chi connectivity index (χ0) is 22.8. The number of alkyl halides is 1. The summed E-state index contributed by atoms with van der Waals surface area (Å²) in [4.78, 5) is 15.5. The van der Waals surface area contributed by atoms with Gasteiger partial charge in [0.25, 0.3) is 0 Å². The predicted molar refractivity (Wildman–Crippen MR) is 124 cm³/mol. The summed E-state index contributed by atoms with van der Waals surface area (Å²) in [6.07, 6.45) is 6.15. The van der Waals surface area contributed by atoms with Crippen LogP contribution < -0.4 is 20.9 Å². The summed E-state index contributed by atoms with van der Waals surface area (Å²) in [5.41, 5.74) is 7.86. The Labute approximate surface area is 193 Å². The summed E-state index contributed by atoms with van der Waals surface area (Å²) < 4.78 is 22.5. The molecule has 1 saturated carbocycles. The first-order valence-corrected chi connectivity index (χ1v) is 12.0. The van der Waals surface area contributed by atoms with Crippen molar-refractivity contribution < 1.29 is 13.9 Å². The molecule has 0 spiro atoms. The van der Waals surface area contributed by atoms with Crippen molar-refractivity contribution in [1.29, 1.82) is 0 Å². The molecular weight excluding hydrogens is 423 g/mol. The number of hydrogen-bond acceptors (Lipinski definition) is 6. The number of carbonyl (C=O) groups excluding carboxylic acids is 1. The van der Waals surface area contributed by atoms with E-state index in [0.29, 0.717) is 25.1 Å². The fourth-order valence-corrected chi connectivity index (χ4v) is 5.44. The molecule has 0 radical (unpaired) electrons. The highest BCUT2D eigenvalue weighted by Crippen LogP contribution is 2.41. The van der Waals surface area contributed by atoms with E-state index in [9.17, 15) is 9.18 Å². The van der Waals surface area contributed by atoms with E-state index in [2.05, 4.69) is 26.2 Å². The SMILES string of the molecule is Cn1cc(C2CC3C(CC2F)NNC3C(=O)Nc2cccc(OCCN3CCCC3)c2)cn1. The summed E-state index contributed by atoms with van der Waals surface area (Å²) in [6.45, 7) is 3.85. The van der Waals surface area contributed by atoms with E-state index in [4.69, 9.17) is 4.74 Å². The molecule has 3 aliphatic rings. The number of carbonyl (C=O) groups is 1. The largest absolute Gasteiger partial charge is 0.492 e. The van der Waals surface area contributed by atoms with Gasteiger partial charge in [0, 0.05) is 49.4 Å². The quantitative estimate of drug-likeness (QED) is 0.593. The maximum absolute atomic E-state index is 14.9. The van der Waals surface area contributed by atoms with Gasteiger partial charge in [-0.1, -0.05) is 6.07 Å². The number of anilines is 1. The van der Waals surface area contributed by atoms with Crippen LogP contribution in [0.1, 0.15) is 37.2 Å². The molecule has 3 fully saturated rings. The lowest BCUT2D eigenvalue weighted by Crippen LogP contribution is -2.43. The summed E-state index contributed by atoms with van der Waals surface area (Å²) in [5, 5.41) is 7.22. The number of halogens is 1. The number of hydrazine groups is 1. The normalized spacial score (nSPS) is 29.7. The fourth-order valence-electron chi connectivity index (χ4n) is 5.44. The maximum atomic E-state index is 14.9. The molecule has 1 aromatic carbocycles. The Bertz CT molecular complexity index is 962. The molecule has 1 amide bonds. The van der Waals surface area contributed by atoms with E-state index >= 15 is 0 Å². The standard InChI is InChI=1S/C24H33FN6O2/c1-30-15-16(14-26-30)19-12-20-22(13-21(19)25)28-29-23(20)24(32)27-17-5-4-6-18(11-17)33-10-9-31-7-2-3-8-31/h4-6,11,14-15,19-23,28-29H,2-3,7-10,12-13H2,1H3,(H,27,32). The topological polar surface area (TPSA) is 83.5 Å². The van der Waals surface area contributed by atoms with Crippen molar-refractivity contribution in [3.8, 4) is 5.75 Å². The van der Waals surface area contributed by atoms with Crippen molar-refractivity contribution in [3.05, 3.63) is 42.2 Å². The number of hydrogen-bond donors (Lipinski definition) is 3. The molecule has 8 nitrogen and oxygen atoms in total. The van der Waals surface area contributed by atoms with Gasteiger partial charge in [-0.15, -0.1) is 0 Å². The van der Waals surface area contributed by atoms with E-state index in [1.54, 1.807) is 10.9 Å². The van der Waals surface area contributed by atoms with Crippen molar-refractivity contribution in [2.45, 2.75) is 49.9 Å². The number of aromatic nitrogens is 2. The molecular formula is C24H33FN6O2. The molecule has 2 saturated heterocycles. The summed E-state index contributed by atoms with van der Waals surface area (Å²) in [6, 6.07) is 7.02. The minimum Gasteiger partial charge on any atom is -0.492 e. The smallest absolute Gasteiger partial charge is 0.243 e. The zero-order valence-corrected chi connectivity index (χ0v) is 19.0. The predicted octanol–water partition coefficient (Wildman–Crippen LogP) is 2.21. The van der Waals surface area contributed by atoms with Gasteiger partial charge in [0.05, 0.1) is 6.20 Å². The van der Waals surface area contributed by atoms with Crippen LogP contribution in [0.3, 0.4) is 0 Å². The molecule has 1 aromatic heterocycles. The highest BCUT2D eigenvalue weighted by Gasteiger charge is 2.47. The van der Waals surface area contributed by atoms with Crippen molar-refractivity contribution in [3.63, 3.8) is 0 Å². The third-order valence-corrected chi connectivity index (χ3v) is 7.22. The monoisotopic (exact) mass is 456 g/mol. The summed E-state index contributed by atoms with van der Waals surface area (Å²) in [5.74, 6) is 0.384. The van der Waals surface area contributed by atoms with Gasteiger partial charge >= 0.3 is 0 Å². The molecule has 1 aliphatic carbocycles. The van der Waals surface area contributed by atoms with Gasteiger partial charge in [0.15, 0.2) is 0 Å². The highest BCUT2D eigenvalue weighted by molar-refractivity contribution is 5.95. The number of nitrogens with one attached hydrogen (secondary N) is 3. The molecule has 9 heteroatoms. The minimum absolute atomic E-state index is 0.00194.